The van der Waals surface area contributed by atoms with E-state index in [1.165, 1.54) is 6.39 Å². The molecule has 1 heterocycles. The van der Waals surface area contributed by atoms with E-state index in [2.05, 4.69) is 4.98 Å². The van der Waals surface area contributed by atoms with Gasteiger partial charge in [0.25, 0.3) is 0 Å². The van der Waals surface area contributed by atoms with Gasteiger partial charge in [0.2, 0.25) is 5.78 Å². The molecule has 0 unspecified atom stereocenters. The minimum Gasteiger partial charge on any atom is -0.440 e. The van der Waals surface area contributed by atoms with Gasteiger partial charge in [-0.3, -0.25) is 4.79 Å². The molecule has 0 N–H and O–H groups in total. The predicted molar refractivity (Wildman–Crippen MR) is 61.7 cm³/mol. The standard InChI is InChI=1S/C13H13NO3/c1-10-13(17-9-14-10)12(15)8-16-7-11-5-3-2-4-6-11/h2-6,9H,7-8H2,1H3. The Labute approximate surface area is 99.2 Å². The normalized spacial score (nSPS) is 10.4. The van der Waals surface area contributed by atoms with Crippen LogP contribution in [-0.2, 0) is 11.3 Å². The van der Waals surface area contributed by atoms with Crippen LogP contribution < -0.4 is 0 Å². The lowest BCUT2D eigenvalue weighted by Crippen LogP contribution is -2.09. The maximum atomic E-state index is 11.7. The monoisotopic (exact) mass is 231 g/mol. The number of hydrogen-bond acceptors (Lipinski definition) is 4. The van der Waals surface area contributed by atoms with E-state index in [1.54, 1.807) is 6.92 Å². The summed E-state index contributed by atoms with van der Waals surface area (Å²) in [6, 6.07) is 9.70. The smallest absolute Gasteiger partial charge is 0.225 e. The summed E-state index contributed by atoms with van der Waals surface area (Å²) in [4.78, 5) is 15.5. The Morgan fingerprint density at radius 2 is 2.12 bits per heavy atom. The Morgan fingerprint density at radius 3 is 2.76 bits per heavy atom. The topological polar surface area (TPSA) is 52.3 Å². The van der Waals surface area contributed by atoms with Crippen molar-refractivity contribution >= 4 is 5.78 Å². The first kappa shape index (κ1) is 11.5. The zero-order chi connectivity index (χ0) is 12.1. The van der Waals surface area contributed by atoms with Crippen molar-refractivity contribution in [3.05, 3.63) is 53.7 Å². The number of nitrogens with zero attached hydrogens (tertiary/aromatic N) is 1. The summed E-state index contributed by atoms with van der Waals surface area (Å²) < 4.78 is 10.3. The third kappa shape index (κ3) is 3.01. The molecule has 0 atom stereocenters. The van der Waals surface area contributed by atoms with Gasteiger partial charge in [0.05, 0.1) is 12.3 Å². The SMILES string of the molecule is Cc1ncoc1C(=O)COCc1ccccc1. The fourth-order valence-corrected chi connectivity index (χ4v) is 1.47. The average molecular weight is 231 g/mol. The fraction of sp³-hybridized carbons (Fsp3) is 0.231. The van der Waals surface area contributed by atoms with E-state index in [4.69, 9.17) is 9.15 Å². The number of hydrogen-bond donors (Lipinski definition) is 0. The molecule has 1 aromatic heterocycles. The van der Waals surface area contributed by atoms with Crippen LogP contribution in [0.5, 0.6) is 0 Å². The molecule has 0 saturated heterocycles. The van der Waals surface area contributed by atoms with Gasteiger partial charge in [-0.25, -0.2) is 4.98 Å². The molecule has 2 aromatic rings. The van der Waals surface area contributed by atoms with Crippen molar-refractivity contribution in [1.82, 2.24) is 4.98 Å². The molecule has 0 amide bonds. The molecule has 2 rings (SSSR count). The maximum Gasteiger partial charge on any atom is 0.225 e. The molecule has 0 spiro atoms. The quantitative estimate of drug-likeness (QED) is 0.741. The van der Waals surface area contributed by atoms with Crippen molar-refractivity contribution in [1.29, 1.82) is 0 Å². The lowest BCUT2D eigenvalue weighted by atomic mass is 10.2. The average Bonchev–Trinajstić information content (AvgIpc) is 2.77. The van der Waals surface area contributed by atoms with Crippen molar-refractivity contribution in [2.45, 2.75) is 13.5 Å². The Balaban J connectivity index is 1.84. The summed E-state index contributed by atoms with van der Waals surface area (Å²) in [6.07, 6.45) is 1.26. The number of rotatable bonds is 5. The summed E-state index contributed by atoms with van der Waals surface area (Å²) in [7, 11) is 0. The summed E-state index contributed by atoms with van der Waals surface area (Å²) in [5.74, 6) is 0.0917. The minimum absolute atomic E-state index is 0.00489. The largest absolute Gasteiger partial charge is 0.440 e. The molecule has 17 heavy (non-hydrogen) atoms. The number of aryl methyl sites for hydroxylation is 1. The second-order valence-electron chi connectivity index (χ2n) is 3.67. The highest BCUT2D eigenvalue weighted by molar-refractivity contribution is 5.95. The summed E-state index contributed by atoms with van der Waals surface area (Å²) >= 11 is 0. The first-order chi connectivity index (χ1) is 8.27. The highest BCUT2D eigenvalue weighted by Gasteiger charge is 2.13. The summed E-state index contributed by atoms with van der Waals surface area (Å²) in [5, 5.41) is 0. The Kier molecular flexibility index (Phi) is 3.67. The third-order valence-corrected chi connectivity index (χ3v) is 2.34. The predicted octanol–water partition coefficient (Wildman–Crippen LogP) is 2.38. The molecule has 0 aliphatic heterocycles. The van der Waals surface area contributed by atoms with Crippen molar-refractivity contribution in [3.63, 3.8) is 0 Å². The van der Waals surface area contributed by atoms with E-state index in [0.717, 1.165) is 5.56 Å². The molecule has 88 valence electrons. The number of ketones is 1. The Bertz CT molecular complexity index is 490. The molecule has 0 saturated carbocycles. The van der Waals surface area contributed by atoms with Crippen LogP contribution in [0.15, 0.2) is 41.1 Å². The molecule has 0 aliphatic carbocycles. The van der Waals surface area contributed by atoms with Gasteiger partial charge in [-0.1, -0.05) is 30.3 Å². The van der Waals surface area contributed by atoms with E-state index in [-0.39, 0.29) is 18.2 Å². The molecule has 4 heteroatoms. The number of carbonyl (C=O) groups excluding carboxylic acids is 1. The molecule has 0 radical (unpaired) electrons. The molecular weight excluding hydrogens is 218 g/mol. The van der Waals surface area contributed by atoms with Crippen molar-refractivity contribution in [2.75, 3.05) is 6.61 Å². The van der Waals surface area contributed by atoms with Crippen molar-refractivity contribution in [3.8, 4) is 0 Å². The first-order valence-corrected chi connectivity index (χ1v) is 5.32. The van der Waals surface area contributed by atoms with Crippen LogP contribution in [-0.4, -0.2) is 17.4 Å². The Hall–Kier alpha value is -1.94. The molecule has 0 fully saturated rings. The molecule has 4 nitrogen and oxygen atoms in total. The second kappa shape index (κ2) is 5.41. The van der Waals surface area contributed by atoms with E-state index < -0.39 is 0 Å². The van der Waals surface area contributed by atoms with Gasteiger partial charge in [0.15, 0.2) is 12.2 Å². The zero-order valence-electron chi connectivity index (χ0n) is 9.55. The number of aromatic nitrogens is 1. The van der Waals surface area contributed by atoms with Gasteiger partial charge >= 0.3 is 0 Å². The van der Waals surface area contributed by atoms with Gasteiger partial charge in [-0.2, -0.15) is 0 Å². The van der Waals surface area contributed by atoms with E-state index >= 15 is 0 Å². The molecule has 0 aliphatic rings. The zero-order valence-corrected chi connectivity index (χ0v) is 9.55. The van der Waals surface area contributed by atoms with Crippen LogP contribution >= 0.6 is 0 Å². The van der Waals surface area contributed by atoms with Crippen LogP contribution in [0.2, 0.25) is 0 Å². The van der Waals surface area contributed by atoms with Crippen LogP contribution in [0, 0.1) is 6.92 Å². The van der Waals surface area contributed by atoms with Crippen LogP contribution in [0.1, 0.15) is 21.8 Å². The highest BCUT2D eigenvalue weighted by Crippen LogP contribution is 2.07. The number of oxazole rings is 1. The number of benzene rings is 1. The molecular formula is C13H13NO3. The third-order valence-electron chi connectivity index (χ3n) is 2.34. The number of ether oxygens (including phenoxy) is 1. The van der Waals surface area contributed by atoms with Gasteiger partial charge in [0, 0.05) is 0 Å². The van der Waals surface area contributed by atoms with Crippen molar-refractivity contribution in [2.24, 2.45) is 0 Å². The van der Waals surface area contributed by atoms with Gasteiger partial charge in [-0.15, -0.1) is 0 Å². The number of Topliss-reactive ketones (excluding diaryl/α,β-unsaturated/α-hetero) is 1. The molecule has 0 bridgehead atoms. The lowest BCUT2D eigenvalue weighted by molar-refractivity contribution is 0.0699. The number of carbonyl (C=O) groups is 1. The second-order valence-corrected chi connectivity index (χ2v) is 3.67. The maximum absolute atomic E-state index is 11.7. The Morgan fingerprint density at radius 1 is 1.35 bits per heavy atom. The summed E-state index contributed by atoms with van der Waals surface area (Å²) in [6.45, 7) is 2.15. The highest BCUT2D eigenvalue weighted by atomic mass is 16.5. The van der Waals surface area contributed by atoms with Crippen molar-refractivity contribution < 1.29 is 13.9 Å². The molecule has 1 aromatic carbocycles. The van der Waals surface area contributed by atoms with E-state index in [1.807, 2.05) is 30.3 Å². The summed E-state index contributed by atoms with van der Waals surface area (Å²) in [5.41, 5.74) is 1.63. The fourth-order valence-electron chi connectivity index (χ4n) is 1.47. The van der Waals surface area contributed by atoms with Gasteiger partial charge in [-0.05, 0) is 12.5 Å². The van der Waals surface area contributed by atoms with Crippen LogP contribution in [0.4, 0.5) is 0 Å². The minimum atomic E-state index is -0.184. The van der Waals surface area contributed by atoms with Gasteiger partial charge in [0.1, 0.15) is 6.61 Å². The van der Waals surface area contributed by atoms with E-state index in [9.17, 15) is 4.79 Å². The van der Waals surface area contributed by atoms with Gasteiger partial charge < -0.3 is 9.15 Å². The first-order valence-electron chi connectivity index (χ1n) is 5.32. The van der Waals surface area contributed by atoms with Crippen LogP contribution in [0.3, 0.4) is 0 Å². The van der Waals surface area contributed by atoms with E-state index in [0.29, 0.717) is 12.3 Å². The van der Waals surface area contributed by atoms with Crippen LogP contribution in [0.25, 0.3) is 0 Å². The lowest BCUT2D eigenvalue weighted by Gasteiger charge is -2.02.